The van der Waals surface area contributed by atoms with Crippen molar-refractivity contribution in [3.8, 4) is 0 Å². The summed E-state index contributed by atoms with van der Waals surface area (Å²) in [7, 11) is 0. The number of carbonyl (C=O) groups excluding carboxylic acids is 1. The molecule has 2 fully saturated rings. The number of rotatable bonds is 5. The number of amides is 2. The average molecular weight is 381 g/mol. The maximum atomic E-state index is 12.4. The van der Waals surface area contributed by atoms with Crippen molar-refractivity contribution in [2.45, 2.75) is 32.2 Å². The zero-order valence-corrected chi connectivity index (χ0v) is 16.2. The van der Waals surface area contributed by atoms with Gasteiger partial charge < -0.3 is 20.3 Å². The number of halogens is 1. The summed E-state index contributed by atoms with van der Waals surface area (Å²) in [5.74, 6) is 0. The Hall–Kier alpha value is -1.50. The molecular formula is C19H29ClN4O2. The minimum absolute atomic E-state index is 0.201. The summed E-state index contributed by atoms with van der Waals surface area (Å²) in [5.41, 5.74) is 1.70. The molecule has 2 N–H and O–H groups in total. The number of hydrogen-bond donors (Lipinski definition) is 2. The maximum Gasteiger partial charge on any atom is 0.319 e. The van der Waals surface area contributed by atoms with Crippen molar-refractivity contribution in [3.05, 3.63) is 23.2 Å². The van der Waals surface area contributed by atoms with E-state index in [9.17, 15) is 4.79 Å². The first kappa shape index (κ1) is 19.3. The van der Waals surface area contributed by atoms with E-state index >= 15 is 0 Å². The van der Waals surface area contributed by atoms with Crippen LogP contribution < -0.4 is 15.5 Å². The highest BCUT2D eigenvalue weighted by Gasteiger charge is 2.21. The van der Waals surface area contributed by atoms with Crippen LogP contribution in [0.2, 0.25) is 5.02 Å². The van der Waals surface area contributed by atoms with Gasteiger partial charge in [0.25, 0.3) is 0 Å². The summed E-state index contributed by atoms with van der Waals surface area (Å²) in [4.78, 5) is 17.0. The van der Waals surface area contributed by atoms with Crippen LogP contribution in [0.1, 0.15) is 26.2 Å². The Morgan fingerprint density at radius 3 is 2.85 bits per heavy atom. The highest BCUT2D eigenvalue weighted by Crippen LogP contribution is 2.28. The lowest BCUT2D eigenvalue weighted by Crippen LogP contribution is -2.47. The monoisotopic (exact) mass is 380 g/mol. The predicted molar refractivity (Wildman–Crippen MR) is 106 cm³/mol. The number of nitrogens with one attached hydrogen (secondary N) is 2. The minimum Gasteiger partial charge on any atom is -0.378 e. The third-order valence-corrected chi connectivity index (χ3v) is 5.56. The lowest BCUT2D eigenvalue weighted by atomic mass is 10.0. The summed E-state index contributed by atoms with van der Waals surface area (Å²) in [6, 6.07) is 5.98. The first-order valence-corrected chi connectivity index (χ1v) is 9.96. The highest BCUT2D eigenvalue weighted by atomic mass is 35.5. The maximum absolute atomic E-state index is 12.4. The van der Waals surface area contributed by atoms with Crippen LogP contribution in [0.25, 0.3) is 0 Å². The van der Waals surface area contributed by atoms with Gasteiger partial charge >= 0.3 is 6.03 Å². The van der Waals surface area contributed by atoms with E-state index < -0.39 is 0 Å². The molecule has 2 heterocycles. The van der Waals surface area contributed by atoms with Gasteiger partial charge in [-0.05, 0) is 44.1 Å². The number of anilines is 2. The van der Waals surface area contributed by atoms with Gasteiger partial charge in [-0.1, -0.05) is 24.9 Å². The van der Waals surface area contributed by atoms with E-state index in [0.717, 1.165) is 51.5 Å². The fraction of sp³-hybridized carbons (Fsp3) is 0.632. The van der Waals surface area contributed by atoms with Crippen molar-refractivity contribution in [2.24, 2.45) is 0 Å². The minimum atomic E-state index is -0.201. The molecule has 3 rings (SSSR count). The Morgan fingerprint density at radius 2 is 2.08 bits per heavy atom. The molecule has 1 atom stereocenters. The Morgan fingerprint density at radius 1 is 1.27 bits per heavy atom. The van der Waals surface area contributed by atoms with Gasteiger partial charge in [0.15, 0.2) is 0 Å². The molecule has 144 valence electrons. The van der Waals surface area contributed by atoms with Gasteiger partial charge in [0.1, 0.15) is 0 Å². The summed E-state index contributed by atoms with van der Waals surface area (Å²) < 4.78 is 5.40. The van der Waals surface area contributed by atoms with E-state index in [1.54, 1.807) is 0 Å². The standard InChI is InChI=1S/C19H29ClN4O2/c1-2-23-8-4-3-5-16(23)14-21-19(25)22-18-13-15(6-7-17(18)20)24-9-11-26-12-10-24/h6-7,13,16H,2-5,8-12,14H2,1H3,(H2,21,22,25)/t16-/m0/s1. The molecule has 7 heteroatoms. The second kappa shape index (κ2) is 9.44. The topological polar surface area (TPSA) is 56.8 Å². The molecule has 2 saturated heterocycles. The molecule has 1 aromatic rings. The Bertz CT molecular complexity index is 607. The van der Waals surface area contributed by atoms with Crippen molar-refractivity contribution >= 4 is 29.0 Å². The Balaban J connectivity index is 1.56. The number of benzene rings is 1. The van der Waals surface area contributed by atoms with Crippen LogP contribution in [-0.4, -0.2) is 62.9 Å². The van der Waals surface area contributed by atoms with Crippen LogP contribution in [0.5, 0.6) is 0 Å². The smallest absolute Gasteiger partial charge is 0.319 e. The number of hydrogen-bond acceptors (Lipinski definition) is 4. The van der Waals surface area contributed by atoms with Gasteiger partial charge in [0.05, 0.1) is 23.9 Å². The normalized spacial score (nSPS) is 21.5. The molecule has 0 aromatic heterocycles. The molecule has 0 bridgehead atoms. The van der Waals surface area contributed by atoms with E-state index in [1.165, 1.54) is 12.8 Å². The third kappa shape index (κ3) is 5.02. The van der Waals surface area contributed by atoms with Gasteiger partial charge in [-0.3, -0.25) is 4.90 Å². The van der Waals surface area contributed by atoms with Gasteiger partial charge in [-0.25, -0.2) is 4.79 Å². The number of piperidine rings is 1. The molecule has 2 aliphatic rings. The number of likely N-dealkylation sites (tertiary alicyclic amines) is 1. The average Bonchev–Trinajstić information content (AvgIpc) is 2.69. The molecule has 0 aliphatic carbocycles. The summed E-state index contributed by atoms with van der Waals surface area (Å²) >= 11 is 6.28. The fourth-order valence-electron chi connectivity index (χ4n) is 3.71. The van der Waals surface area contributed by atoms with Crippen molar-refractivity contribution in [2.75, 3.05) is 56.2 Å². The Labute approximate surface area is 160 Å². The second-order valence-corrected chi connectivity index (χ2v) is 7.28. The molecule has 6 nitrogen and oxygen atoms in total. The SMILES string of the molecule is CCN1CCCC[C@H]1CNC(=O)Nc1cc(N2CCOCC2)ccc1Cl. The largest absolute Gasteiger partial charge is 0.378 e. The van der Waals surface area contributed by atoms with E-state index in [0.29, 0.717) is 23.3 Å². The van der Waals surface area contributed by atoms with Crippen LogP contribution >= 0.6 is 11.6 Å². The van der Waals surface area contributed by atoms with Gasteiger partial charge in [0, 0.05) is 31.4 Å². The van der Waals surface area contributed by atoms with E-state index in [4.69, 9.17) is 16.3 Å². The van der Waals surface area contributed by atoms with Crippen LogP contribution in [0, 0.1) is 0 Å². The molecule has 0 saturated carbocycles. The Kier molecular flexibility index (Phi) is 7.00. The highest BCUT2D eigenvalue weighted by molar-refractivity contribution is 6.33. The van der Waals surface area contributed by atoms with E-state index in [2.05, 4.69) is 27.4 Å². The van der Waals surface area contributed by atoms with Crippen LogP contribution in [-0.2, 0) is 4.74 Å². The number of urea groups is 1. The first-order valence-electron chi connectivity index (χ1n) is 9.58. The number of morpholine rings is 1. The molecule has 2 aliphatic heterocycles. The third-order valence-electron chi connectivity index (χ3n) is 5.23. The molecule has 2 amide bonds. The van der Waals surface area contributed by atoms with Gasteiger partial charge in [-0.15, -0.1) is 0 Å². The molecule has 0 radical (unpaired) electrons. The van der Waals surface area contributed by atoms with Crippen molar-refractivity contribution < 1.29 is 9.53 Å². The van der Waals surface area contributed by atoms with E-state index in [1.807, 2.05) is 18.2 Å². The van der Waals surface area contributed by atoms with Crippen LogP contribution in [0.15, 0.2) is 18.2 Å². The lowest BCUT2D eigenvalue weighted by molar-refractivity contribution is 0.122. The first-order chi connectivity index (χ1) is 12.7. The molecular weight excluding hydrogens is 352 g/mol. The quantitative estimate of drug-likeness (QED) is 0.823. The predicted octanol–water partition coefficient (Wildman–Crippen LogP) is 3.17. The molecule has 0 unspecified atom stereocenters. The molecule has 1 aromatic carbocycles. The number of nitrogens with zero attached hydrogens (tertiary/aromatic N) is 2. The molecule has 26 heavy (non-hydrogen) atoms. The molecule has 0 spiro atoms. The van der Waals surface area contributed by atoms with Crippen molar-refractivity contribution in [1.29, 1.82) is 0 Å². The lowest BCUT2D eigenvalue weighted by Gasteiger charge is -2.34. The number of ether oxygens (including phenoxy) is 1. The summed E-state index contributed by atoms with van der Waals surface area (Å²) in [6.45, 7) is 8.14. The van der Waals surface area contributed by atoms with Gasteiger partial charge in [0.2, 0.25) is 0 Å². The van der Waals surface area contributed by atoms with Crippen LogP contribution in [0.4, 0.5) is 16.2 Å². The number of carbonyl (C=O) groups is 1. The summed E-state index contributed by atoms with van der Waals surface area (Å²) in [5, 5.41) is 6.46. The van der Waals surface area contributed by atoms with Crippen molar-refractivity contribution in [1.82, 2.24) is 10.2 Å². The second-order valence-electron chi connectivity index (χ2n) is 6.88. The zero-order chi connectivity index (χ0) is 18.4. The zero-order valence-electron chi connectivity index (χ0n) is 15.5. The van der Waals surface area contributed by atoms with Gasteiger partial charge in [-0.2, -0.15) is 0 Å². The number of likely N-dealkylation sites (N-methyl/N-ethyl adjacent to an activating group) is 1. The van der Waals surface area contributed by atoms with E-state index in [-0.39, 0.29) is 6.03 Å². The van der Waals surface area contributed by atoms with Crippen molar-refractivity contribution in [3.63, 3.8) is 0 Å². The summed E-state index contributed by atoms with van der Waals surface area (Å²) in [6.07, 6.45) is 3.62. The fourth-order valence-corrected chi connectivity index (χ4v) is 3.88. The van der Waals surface area contributed by atoms with Crippen LogP contribution in [0.3, 0.4) is 0 Å².